The minimum Gasteiger partial charge on any atom is -0.309 e. The summed E-state index contributed by atoms with van der Waals surface area (Å²) in [5.41, 5.74) is 11.7. The molecule has 8 rings (SSSR count). The molecule has 0 fully saturated rings. The molecule has 0 N–H and O–H groups in total. The second-order valence-electron chi connectivity index (χ2n) is 9.74. The number of rotatable bonds is 3. The van der Waals surface area contributed by atoms with Gasteiger partial charge in [0.25, 0.3) is 0 Å². The van der Waals surface area contributed by atoms with Crippen molar-refractivity contribution in [2.24, 2.45) is 0 Å². The van der Waals surface area contributed by atoms with Gasteiger partial charge in [-0.25, -0.2) is 4.98 Å². The lowest BCUT2D eigenvalue weighted by molar-refractivity contribution is 1.28. The molecule has 0 atom stereocenters. The first-order chi connectivity index (χ1) is 19.8. The van der Waals surface area contributed by atoms with Crippen molar-refractivity contribution >= 4 is 38.6 Å². The normalized spacial score (nSPS) is 11.9. The quantitative estimate of drug-likeness (QED) is 0.228. The summed E-state index contributed by atoms with van der Waals surface area (Å²) in [6.07, 6.45) is 3.72. The number of hydrogen-bond donors (Lipinski definition) is 0. The summed E-state index contributed by atoms with van der Waals surface area (Å²) in [5.74, 6) is 0. The monoisotopic (exact) mass is 530 g/mol. The van der Waals surface area contributed by atoms with Crippen LogP contribution in [0.15, 0.2) is 134 Å². The maximum absolute atomic E-state index is 4.97. The molecule has 4 aromatic carbocycles. The van der Waals surface area contributed by atoms with E-state index >= 15 is 0 Å². The van der Waals surface area contributed by atoms with Gasteiger partial charge in [-0.2, -0.15) is 0 Å². The van der Waals surface area contributed by atoms with Crippen LogP contribution in [0.25, 0.3) is 54.4 Å². The molecule has 40 heavy (non-hydrogen) atoms. The van der Waals surface area contributed by atoms with E-state index in [4.69, 9.17) is 9.97 Å². The first-order valence-electron chi connectivity index (χ1n) is 13.2. The zero-order valence-corrected chi connectivity index (χ0v) is 22.2. The Hall–Kier alpha value is -5.13. The largest absolute Gasteiger partial charge is 0.309 e. The Morgan fingerprint density at radius 1 is 0.550 bits per heavy atom. The lowest BCUT2D eigenvalue weighted by Crippen LogP contribution is -2.11. The molecule has 1 aliphatic heterocycles. The molecule has 7 aromatic rings. The van der Waals surface area contributed by atoms with Crippen molar-refractivity contribution in [3.8, 4) is 44.2 Å². The fraction of sp³-hybridized carbons (Fsp3) is 0. The first kappa shape index (κ1) is 22.8. The Morgan fingerprint density at radius 2 is 1.40 bits per heavy atom. The summed E-state index contributed by atoms with van der Waals surface area (Å²) in [6, 6.07) is 42.3. The number of anilines is 3. The Kier molecular flexibility index (Phi) is 5.28. The van der Waals surface area contributed by atoms with Gasteiger partial charge in [-0.1, -0.05) is 66.7 Å². The molecular formula is C35H22N4S. The SMILES string of the molecule is c1ccc(-c2cccc(N3c4cc(-c5nc6ccccc6s5)ccc4-c4cccnc4-c4ccccc43)c2)nc1. The molecule has 0 saturated carbocycles. The lowest BCUT2D eigenvalue weighted by Gasteiger charge is -2.28. The number of para-hydroxylation sites is 2. The van der Waals surface area contributed by atoms with Crippen LogP contribution >= 0.6 is 11.3 Å². The molecule has 0 unspecified atom stereocenters. The van der Waals surface area contributed by atoms with Crippen molar-refractivity contribution in [3.63, 3.8) is 0 Å². The van der Waals surface area contributed by atoms with Crippen molar-refractivity contribution in [2.75, 3.05) is 4.90 Å². The average Bonchev–Trinajstić information content (AvgIpc) is 3.42. The molecule has 188 valence electrons. The van der Waals surface area contributed by atoms with E-state index in [-0.39, 0.29) is 0 Å². The van der Waals surface area contributed by atoms with Crippen LogP contribution in [0.4, 0.5) is 17.1 Å². The van der Waals surface area contributed by atoms with Gasteiger partial charge in [0.2, 0.25) is 0 Å². The maximum Gasteiger partial charge on any atom is 0.124 e. The van der Waals surface area contributed by atoms with Crippen molar-refractivity contribution in [2.45, 2.75) is 0 Å². The van der Waals surface area contributed by atoms with Crippen LogP contribution in [0.1, 0.15) is 0 Å². The van der Waals surface area contributed by atoms with Gasteiger partial charge in [-0.15, -0.1) is 11.3 Å². The Morgan fingerprint density at radius 3 is 2.33 bits per heavy atom. The third kappa shape index (κ3) is 3.71. The topological polar surface area (TPSA) is 41.9 Å². The van der Waals surface area contributed by atoms with Gasteiger partial charge in [0.1, 0.15) is 5.01 Å². The van der Waals surface area contributed by atoms with Gasteiger partial charge in [-0.3, -0.25) is 9.97 Å². The van der Waals surface area contributed by atoms with Gasteiger partial charge in [0, 0.05) is 45.9 Å². The van der Waals surface area contributed by atoms with Crippen molar-refractivity contribution in [1.29, 1.82) is 0 Å². The predicted octanol–water partition coefficient (Wildman–Crippen LogP) is 9.54. The van der Waals surface area contributed by atoms with Gasteiger partial charge in [0.05, 0.1) is 33.0 Å². The van der Waals surface area contributed by atoms with E-state index in [0.29, 0.717) is 0 Å². The summed E-state index contributed by atoms with van der Waals surface area (Å²) >= 11 is 1.72. The molecule has 0 saturated heterocycles. The maximum atomic E-state index is 4.97. The molecule has 5 heteroatoms. The minimum atomic E-state index is 0.945. The number of benzene rings is 4. The highest BCUT2D eigenvalue weighted by Crippen LogP contribution is 2.51. The fourth-order valence-electron chi connectivity index (χ4n) is 5.53. The van der Waals surface area contributed by atoms with E-state index in [2.05, 4.69) is 107 Å². The number of hydrogen-bond acceptors (Lipinski definition) is 5. The Balaban J connectivity index is 1.40. The van der Waals surface area contributed by atoms with Crippen molar-refractivity contribution in [1.82, 2.24) is 15.0 Å². The molecule has 3 aromatic heterocycles. The van der Waals surface area contributed by atoms with Gasteiger partial charge in [-0.05, 0) is 54.6 Å². The number of pyridine rings is 2. The number of aromatic nitrogens is 3. The van der Waals surface area contributed by atoms with Gasteiger partial charge >= 0.3 is 0 Å². The highest BCUT2D eigenvalue weighted by Gasteiger charge is 2.27. The molecule has 0 radical (unpaired) electrons. The van der Waals surface area contributed by atoms with Crippen LogP contribution in [-0.2, 0) is 0 Å². The van der Waals surface area contributed by atoms with E-state index in [9.17, 15) is 0 Å². The molecule has 0 spiro atoms. The summed E-state index contributed by atoms with van der Waals surface area (Å²) in [7, 11) is 0. The summed E-state index contributed by atoms with van der Waals surface area (Å²) < 4.78 is 1.19. The van der Waals surface area contributed by atoms with Crippen LogP contribution in [0.5, 0.6) is 0 Å². The molecule has 0 bridgehead atoms. The molecule has 0 amide bonds. The second-order valence-corrected chi connectivity index (χ2v) is 10.8. The third-order valence-corrected chi connectivity index (χ3v) is 8.43. The molecular weight excluding hydrogens is 508 g/mol. The third-order valence-electron chi connectivity index (χ3n) is 7.34. The number of fused-ring (bicyclic) bond motifs is 6. The smallest absolute Gasteiger partial charge is 0.124 e. The summed E-state index contributed by atoms with van der Waals surface area (Å²) in [6.45, 7) is 0. The first-order valence-corrected chi connectivity index (χ1v) is 14.0. The lowest BCUT2D eigenvalue weighted by atomic mass is 9.98. The summed E-state index contributed by atoms with van der Waals surface area (Å²) in [4.78, 5) is 16.8. The second kappa shape index (κ2) is 9.26. The summed E-state index contributed by atoms with van der Waals surface area (Å²) in [5, 5.41) is 1.01. The van der Waals surface area contributed by atoms with Crippen molar-refractivity contribution in [3.05, 3.63) is 134 Å². The minimum absolute atomic E-state index is 0.945. The van der Waals surface area contributed by atoms with Gasteiger partial charge in [0.15, 0.2) is 0 Å². The van der Waals surface area contributed by atoms with Crippen molar-refractivity contribution < 1.29 is 0 Å². The average molecular weight is 531 g/mol. The van der Waals surface area contributed by atoms with E-state index < -0.39 is 0 Å². The zero-order valence-electron chi connectivity index (χ0n) is 21.4. The van der Waals surface area contributed by atoms with Crippen LogP contribution < -0.4 is 4.90 Å². The van der Waals surface area contributed by atoms with Gasteiger partial charge < -0.3 is 4.90 Å². The standard InChI is InChI=1S/C35H22N4S/c1-3-15-31-28(11-1)34-27(12-8-20-37-34)26-18-17-24(35-38-30-14-2-4-16-33(30)40-35)22-32(26)39(31)25-10-7-9-23(21-25)29-13-5-6-19-36-29/h1-22H. The molecule has 4 heterocycles. The van der Waals surface area contributed by atoms with Crippen LogP contribution in [0.3, 0.4) is 0 Å². The van der Waals surface area contributed by atoms with Crippen LogP contribution in [0, 0.1) is 0 Å². The highest BCUT2D eigenvalue weighted by atomic mass is 32.1. The molecule has 4 nitrogen and oxygen atoms in total. The highest BCUT2D eigenvalue weighted by molar-refractivity contribution is 7.21. The predicted molar refractivity (Wildman–Crippen MR) is 165 cm³/mol. The number of thiazole rings is 1. The van der Waals surface area contributed by atoms with E-state index in [0.717, 1.165) is 66.8 Å². The van der Waals surface area contributed by atoms with E-state index in [1.165, 1.54) is 4.70 Å². The zero-order chi connectivity index (χ0) is 26.5. The van der Waals surface area contributed by atoms with E-state index in [1.54, 1.807) is 11.3 Å². The Bertz CT molecular complexity index is 2000. The van der Waals surface area contributed by atoms with E-state index in [1.807, 2.05) is 36.7 Å². The number of nitrogens with zero attached hydrogens (tertiary/aromatic N) is 4. The fourth-order valence-corrected chi connectivity index (χ4v) is 6.49. The van der Waals surface area contributed by atoms with Crippen LogP contribution in [-0.4, -0.2) is 15.0 Å². The molecule has 1 aliphatic rings. The van der Waals surface area contributed by atoms with Crippen LogP contribution in [0.2, 0.25) is 0 Å². The molecule has 0 aliphatic carbocycles. The Labute approximate surface area is 235 Å².